The van der Waals surface area contributed by atoms with Crippen molar-refractivity contribution in [3.05, 3.63) is 29.3 Å². The molecule has 7 nitrogen and oxygen atoms in total. The third-order valence-corrected chi connectivity index (χ3v) is 4.94. The molecule has 1 atom stereocenters. The molecule has 0 spiro atoms. The summed E-state index contributed by atoms with van der Waals surface area (Å²) in [7, 11) is 1.65. The standard InChI is InChI=1S/C19H27N3O4/c1-14-11-15(5-6-17(14)25-2)13-21-9-7-20-19(24)16(21)12-18(23)22-8-3-4-10-26-22/h5-6,11,16H,3-4,7-10,12-13H2,1-2H3,(H,20,24)/t16-/m1/s1. The molecule has 2 aliphatic rings. The number of methoxy groups -OCH3 is 1. The van der Waals surface area contributed by atoms with E-state index in [0.717, 1.165) is 36.3 Å². The minimum atomic E-state index is -0.468. The number of nitrogens with zero attached hydrogens (tertiary/aromatic N) is 2. The maximum atomic E-state index is 12.5. The lowest BCUT2D eigenvalue weighted by Gasteiger charge is -2.36. The van der Waals surface area contributed by atoms with Crippen LogP contribution in [0.5, 0.6) is 5.75 Å². The van der Waals surface area contributed by atoms with E-state index in [4.69, 9.17) is 9.57 Å². The van der Waals surface area contributed by atoms with E-state index in [1.165, 1.54) is 5.06 Å². The molecule has 26 heavy (non-hydrogen) atoms. The van der Waals surface area contributed by atoms with E-state index in [2.05, 4.69) is 16.3 Å². The molecular formula is C19H27N3O4. The molecule has 0 aromatic heterocycles. The lowest BCUT2D eigenvalue weighted by molar-refractivity contribution is -0.198. The number of hydrogen-bond donors (Lipinski definition) is 1. The molecule has 1 N–H and O–H groups in total. The van der Waals surface area contributed by atoms with Crippen molar-refractivity contribution >= 4 is 11.8 Å². The summed E-state index contributed by atoms with van der Waals surface area (Å²) in [4.78, 5) is 32.4. The van der Waals surface area contributed by atoms with Crippen molar-refractivity contribution < 1.29 is 19.2 Å². The molecule has 0 unspecified atom stereocenters. The van der Waals surface area contributed by atoms with Crippen molar-refractivity contribution in [2.45, 2.75) is 38.8 Å². The Morgan fingerprint density at radius 3 is 2.88 bits per heavy atom. The normalized spacial score (nSPS) is 21.4. The second-order valence-corrected chi connectivity index (χ2v) is 6.82. The fourth-order valence-corrected chi connectivity index (χ4v) is 3.51. The first kappa shape index (κ1) is 18.7. The van der Waals surface area contributed by atoms with Gasteiger partial charge in [0.25, 0.3) is 0 Å². The number of rotatable bonds is 5. The summed E-state index contributed by atoms with van der Waals surface area (Å²) in [6, 6.07) is 5.54. The summed E-state index contributed by atoms with van der Waals surface area (Å²) >= 11 is 0. The first-order valence-corrected chi connectivity index (χ1v) is 9.17. The molecule has 0 saturated carbocycles. The van der Waals surface area contributed by atoms with Crippen LogP contribution in [0.15, 0.2) is 18.2 Å². The van der Waals surface area contributed by atoms with Crippen molar-refractivity contribution in [3.8, 4) is 5.75 Å². The molecule has 0 bridgehead atoms. The van der Waals surface area contributed by atoms with Crippen molar-refractivity contribution in [1.29, 1.82) is 0 Å². The van der Waals surface area contributed by atoms with Crippen LogP contribution in [0.1, 0.15) is 30.4 Å². The van der Waals surface area contributed by atoms with E-state index in [1.807, 2.05) is 19.1 Å². The van der Waals surface area contributed by atoms with Gasteiger partial charge in [-0.2, -0.15) is 0 Å². The molecule has 7 heteroatoms. The Hall–Kier alpha value is -2.12. The van der Waals surface area contributed by atoms with Gasteiger partial charge < -0.3 is 10.1 Å². The van der Waals surface area contributed by atoms with Gasteiger partial charge in [0.15, 0.2) is 0 Å². The molecule has 1 aromatic rings. The summed E-state index contributed by atoms with van der Waals surface area (Å²) < 4.78 is 5.31. The quantitative estimate of drug-likeness (QED) is 0.855. The molecule has 3 rings (SSSR count). The largest absolute Gasteiger partial charge is 0.496 e. The van der Waals surface area contributed by atoms with Crippen LogP contribution in [0.3, 0.4) is 0 Å². The monoisotopic (exact) mass is 361 g/mol. The molecule has 0 radical (unpaired) electrons. The molecular weight excluding hydrogens is 334 g/mol. The number of benzene rings is 1. The predicted molar refractivity (Wildman–Crippen MR) is 96.5 cm³/mol. The van der Waals surface area contributed by atoms with Gasteiger partial charge in [-0.1, -0.05) is 12.1 Å². The van der Waals surface area contributed by atoms with Gasteiger partial charge in [-0.3, -0.25) is 19.3 Å². The first-order valence-electron chi connectivity index (χ1n) is 9.17. The van der Waals surface area contributed by atoms with E-state index in [1.54, 1.807) is 7.11 Å². The van der Waals surface area contributed by atoms with Crippen molar-refractivity contribution in [2.75, 3.05) is 33.4 Å². The van der Waals surface area contributed by atoms with Crippen LogP contribution >= 0.6 is 0 Å². The second-order valence-electron chi connectivity index (χ2n) is 6.82. The van der Waals surface area contributed by atoms with E-state index >= 15 is 0 Å². The Morgan fingerprint density at radius 1 is 1.35 bits per heavy atom. The van der Waals surface area contributed by atoms with E-state index < -0.39 is 6.04 Å². The van der Waals surface area contributed by atoms with Crippen LogP contribution in [0.4, 0.5) is 0 Å². The van der Waals surface area contributed by atoms with Gasteiger partial charge in [0.05, 0.1) is 26.2 Å². The number of amides is 2. The number of hydrogen-bond acceptors (Lipinski definition) is 5. The van der Waals surface area contributed by atoms with Crippen molar-refractivity contribution in [1.82, 2.24) is 15.3 Å². The van der Waals surface area contributed by atoms with Crippen LogP contribution in [0, 0.1) is 6.92 Å². The third-order valence-electron chi connectivity index (χ3n) is 4.94. The van der Waals surface area contributed by atoms with E-state index in [9.17, 15) is 9.59 Å². The summed E-state index contributed by atoms with van der Waals surface area (Å²) in [6.07, 6.45) is 2.05. The van der Waals surface area contributed by atoms with Gasteiger partial charge >= 0.3 is 0 Å². The van der Waals surface area contributed by atoms with Crippen LogP contribution in [-0.2, 0) is 21.0 Å². The predicted octanol–water partition coefficient (Wildman–Crippen LogP) is 1.25. The smallest absolute Gasteiger partial charge is 0.248 e. The van der Waals surface area contributed by atoms with Gasteiger partial charge in [0, 0.05) is 26.2 Å². The van der Waals surface area contributed by atoms with Crippen molar-refractivity contribution in [3.63, 3.8) is 0 Å². The first-order chi connectivity index (χ1) is 12.6. The number of hydroxylamine groups is 2. The molecule has 2 heterocycles. The summed E-state index contributed by atoms with van der Waals surface area (Å²) in [6.45, 7) is 5.10. The Bertz CT molecular complexity index is 658. The highest BCUT2D eigenvalue weighted by Gasteiger charge is 2.33. The van der Waals surface area contributed by atoms with Crippen molar-refractivity contribution in [2.24, 2.45) is 0 Å². The Kier molecular flexibility index (Phi) is 6.11. The molecule has 0 aliphatic carbocycles. The van der Waals surface area contributed by atoms with Gasteiger partial charge in [0.2, 0.25) is 11.8 Å². The fraction of sp³-hybridized carbons (Fsp3) is 0.579. The van der Waals surface area contributed by atoms with Gasteiger partial charge in [0.1, 0.15) is 5.75 Å². The highest BCUT2D eigenvalue weighted by Crippen LogP contribution is 2.21. The van der Waals surface area contributed by atoms with Gasteiger partial charge in [-0.05, 0) is 37.0 Å². The lowest BCUT2D eigenvalue weighted by Crippen LogP contribution is -2.56. The summed E-state index contributed by atoms with van der Waals surface area (Å²) in [5.41, 5.74) is 2.16. The van der Waals surface area contributed by atoms with Crippen LogP contribution in [0.25, 0.3) is 0 Å². The number of nitrogens with one attached hydrogen (secondary N) is 1. The maximum absolute atomic E-state index is 12.5. The topological polar surface area (TPSA) is 71.1 Å². The van der Waals surface area contributed by atoms with Gasteiger partial charge in [-0.15, -0.1) is 0 Å². The molecule has 142 valence electrons. The number of carbonyl (C=O) groups is 2. The molecule has 2 amide bonds. The number of carbonyl (C=O) groups excluding carboxylic acids is 2. The van der Waals surface area contributed by atoms with Crippen LogP contribution in [-0.4, -0.2) is 61.2 Å². The van der Waals surface area contributed by atoms with Gasteiger partial charge in [-0.25, -0.2) is 5.06 Å². The van der Waals surface area contributed by atoms with Crippen LogP contribution in [0.2, 0.25) is 0 Å². The Balaban J connectivity index is 1.68. The Labute approximate surface area is 154 Å². The molecule has 2 saturated heterocycles. The van der Waals surface area contributed by atoms with Crippen LogP contribution < -0.4 is 10.1 Å². The second kappa shape index (κ2) is 8.51. The lowest BCUT2D eigenvalue weighted by atomic mass is 10.0. The zero-order valence-electron chi connectivity index (χ0n) is 15.5. The SMILES string of the molecule is COc1ccc(CN2CCNC(=O)[C@H]2CC(=O)N2CCCCO2)cc1C. The molecule has 2 aliphatic heterocycles. The highest BCUT2D eigenvalue weighted by molar-refractivity contribution is 5.88. The number of aryl methyl sites for hydroxylation is 1. The zero-order chi connectivity index (χ0) is 18.5. The van der Waals surface area contributed by atoms with E-state index in [0.29, 0.717) is 26.2 Å². The van der Waals surface area contributed by atoms with E-state index in [-0.39, 0.29) is 18.2 Å². The fourth-order valence-electron chi connectivity index (χ4n) is 3.51. The summed E-state index contributed by atoms with van der Waals surface area (Å²) in [5, 5.41) is 4.29. The summed E-state index contributed by atoms with van der Waals surface area (Å²) in [5.74, 6) is 0.633. The molecule has 1 aromatic carbocycles. The highest BCUT2D eigenvalue weighted by atomic mass is 16.7. The molecule has 2 fully saturated rings. The Morgan fingerprint density at radius 2 is 2.19 bits per heavy atom. The minimum Gasteiger partial charge on any atom is -0.496 e. The zero-order valence-corrected chi connectivity index (χ0v) is 15.5. The number of ether oxygens (including phenoxy) is 1. The average Bonchev–Trinajstić information content (AvgIpc) is 2.65. The maximum Gasteiger partial charge on any atom is 0.248 e. The minimum absolute atomic E-state index is 0.0909. The average molecular weight is 361 g/mol. The number of piperazine rings is 1. The third kappa shape index (κ3) is 4.34.